The third-order valence-corrected chi connectivity index (χ3v) is 4.25. The monoisotopic (exact) mass is 355 g/mol. The molecular formula is C20H21NO5. The summed E-state index contributed by atoms with van der Waals surface area (Å²) in [5.74, 6) is 0.454. The molecule has 2 aromatic rings. The van der Waals surface area contributed by atoms with Crippen LogP contribution in [0.15, 0.2) is 42.5 Å². The van der Waals surface area contributed by atoms with Crippen molar-refractivity contribution in [3.8, 4) is 11.5 Å². The Kier molecular flexibility index (Phi) is 5.41. The van der Waals surface area contributed by atoms with Crippen LogP contribution in [0.2, 0.25) is 0 Å². The number of hydrogen-bond donors (Lipinski definition) is 1. The van der Waals surface area contributed by atoms with Crippen LogP contribution in [0, 0.1) is 13.8 Å². The van der Waals surface area contributed by atoms with Crippen LogP contribution >= 0.6 is 0 Å². The van der Waals surface area contributed by atoms with E-state index in [2.05, 4.69) is 5.32 Å². The highest BCUT2D eigenvalue weighted by atomic mass is 16.6. The zero-order chi connectivity index (χ0) is 18.5. The number of para-hydroxylation sites is 2. The van der Waals surface area contributed by atoms with Gasteiger partial charge in [-0.05, 0) is 43.2 Å². The van der Waals surface area contributed by atoms with Crippen molar-refractivity contribution < 1.29 is 23.8 Å². The van der Waals surface area contributed by atoms with E-state index in [1.165, 1.54) is 0 Å². The molecule has 2 aromatic carbocycles. The molecule has 1 aliphatic heterocycles. The highest BCUT2D eigenvalue weighted by Gasteiger charge is 2.21. The average molecular weight is 355 g/mol. The fourth-order valence-electron chi connectivity index (χ4n) is 2.62. The van der Waals surface area contributed by atoms with E-state index in [1.54, 1.807) is 12.1 Å². The molecule has 0 fully saturated rings. The van der Waals surface area contributed by atoms with Crippen molar-refractivity contribution >= 4 is 11.9 Å². The van der Waals surface area contributed by atoms with Crippen LogP contribution in [-0.4, -0.2) is 37.7 Å². The first-order valence-electron chi connectivity index (χ1n) is 8.43. The van der Waals surface area contributed by atoms with Gasteiger partial charge in [-0.2, -0.15) is 0 Å². The fourth-order valence-corrected chi connectivity index (χ4v) is 2.62. The molecular weight excluding hydrogens is 334 g/mol. The number of aryl methyl sites for hydroxylation is 1. The van der Waals surface area contributed by atoms with Gasteiger partial charge in [0.1, 0.15) is 12.7 Å². The van der Waals surface area contributed by atoms with Gasteiger partial charge in [-0.1, -0.05) is 24.3 Å². The van der Waals surface area contributed by atoms with Crippen molar-refractivity contribution in [2.75, 3.05) is 19.8 Å². The summed E-state index contributed by atoms with van der Waals surface area (Å²) in [6.07, 6.45) is -0.288. The maximum Gasteiger partial charge on any atom is 0.338 e. The topological polar surface area (TPSA) is 73.9 Å². The highest BCUT2D eigenvalue weighted by molar-refractivity contribution is 5.93. The quantitative estimate of drug-likeness (QED) is 0.834. The Balaban J connectivity index is 1.45. The summed E-state index contributed by atoms with van der Waals surface area (Å²) in [5.41, 5.74) is 2.32. The first kappa shape index (κ1) is 17.8. The number of carbonyl (C=O) groups excluding carboxylic acids is 2. The molecule has 6 nitrogen and oxygen atoms in total. The lowest BCUT2D eigenvalue weighted by Crippen LogP contribution is -2.42. The normalized spacial score (nSPS) is 15.2. The van der Waals surface area contributed by atoms with Crippen LogP contribution in [0.3, 0.4) is 0 Å². The average Bonchev–Trinajstić information content (AvgIpc) is 2.66. The van der Waals surface area contributed by atoms with Crippen molar-refractivity contribution in [1.82, 2.24) is 5.32 Å². The number of fused-ring (bicyclic) bond motifs is 1. The number of rotatable bonds is 5. The molecule has 1 heterocycles. The van der Waals surface area contributed by atoms with E-state index in [4.69, 9.17) is 14.2 Å². The molecule has 26 heavy (non-hydrogen) atoms. The molecule has 0 aliphatic carbocycles. The number of esters is 1. The lowest BCUT2D eigenvalue weighted by Gasteiger charge is -2.26. The Morgan fingerprint density at radius 1 is 1.12 bits per heavy atom. The third kappa shape index (κ3) is 4.14. The smallest absolute Gasteiger partial charge is 0.338 e. The summed E-state index contributed by atoms with van der Waals surface area (Å²) in [7, 11) is 0. The van der Waals surface area contributed by atoms with E-state index < -0.39 is 5.97 Å². The fraction of sp³-hybridized carbons (Fsp3) is 0.300. The number of benzene rings is 2. The third-order valence-electron chi connectivity index (χ3n) is 4.25. The first-order valence-corrected chi connectivity index (χ1v) is 8.43. The second kappa shape index (κ2) is 7.91. The Hall–Kier alpha value is -3.02. The van der Waals surface area contributed by atoms with Gasteiger partial charge in [0.25, 0.3) is 5.91 Å². The Bertz CT molecular complexity index is 818. The summed E-state index contributed by atoms with van der Waals surface area (Å²) in [5, 5.41) is 2.69. The van der Waals surface area contributed by atoms with E-state index in [-0.39, 0.29) is 25.2 Å². The van der Waals surface area contributed by atoms with Crippen LogP contribution in [0.1, 0.15) is 21.5 Å². The molecule has 0 radical (unpaired) electrons. The van der Waals surface area contributed by atoms with Crippen LogP contribution in [0.4, 0.5) is 0 Å². The van der Waals surface area contributed by atoms with Gasteiger partial charge < -0.3 is 19.5 Å². The summed E-state index contributed by atoms with van der Waals surface area (Å²) in [6.45, 7) is 4.05. The summed E-state index contributed by atoms with van der Waals surface area (Å²) >= 11 is 0. The van der Waals surface area contributed by atoms with Gasteiger partial charge in [0.05, 0.1) is 12.1 Å². The largest absolute Gasteiger partial charge is 0.486 e. The number of amides is 1. The van der Waals surface area contributed by atoms with Crippen LogP contribution in [0.25, 0.3) is 0 Å². The first-order chi connectivity index (χ1) is 12.5. The number of carbonyl (C=O) groups is 2. The summed E-state index contributed by atoms with van der Waals surface area (Å²) in [6, 6.07) is 12.8. The van der Waals surface area contributed by atoms with E-state index in [1.807, 2.05) is 44.2 Å². The minimum absolute atomic E-state index is 0.272. The molecule has 0 bridgehead atoms. The molecule has 3 rings (SSSR count). The minimum Gasteiger partial charge on any atom is -0.486 e. The van der Waals surface area contributed by atoms with Crippen molar-refractivity contribution in [2.24, 2.45) is 0 Å². The summed E-state index contributed by atoms with van der Waals surface area (Å²) < 4.78 is 16.4. The van der Waals surface area contributed by atoms with Gasteiger partial charge >= 0.3 is 5.97 Å². The predicted octanol–water partition coefficient (Wildman–Crippen LogP) is 2.42. The van der Waals surface area contributed by atoms with Crippen molar-refractivity contribution in [3.05, 3.63) is 59.2 Å². The standard InChI is InChI=1S/C20H21NO5/c1-13-6-5-7-16(14(13)2)20(23)25-12-19(22)21-10-15-11-24-17-8-3-4-9-18(17)26-15/h3-9,15H,10-12H2,1-2H3,(H,21,22)/t15-/m0/s1. The number of ether oxygens (including phenoxy) is 3. The molecule has 0 spiro atoms. The molecule has 0 unspecified atom stereocenters. The number of hydrogen-bond acceptors (Lipinski definition) is 5. The van der Waals surface area contributed by atoms with Gasteiger partial charge in [0, 0.05) is 0 Å². The molecule has 0 saturated carbocycles. The van der Waals surface area contributed by atoms with E-state index in [0.717, 1.165) is 11.1 Å². The predicted molar refractivity (Wildman–Crippen MR) is 95.6 cm³/mol. The molecule has 1 atom stereocenters. The van der Waals surface area contributed by atoms with Crippen molar-refractivity contribution in [3.63, 3.8) is 0 Å². The molecule has 1 N–H and O–H groups in total. The lowest BCUT2D eigenvalue weighted by molar-refractivity contribution is -0.124. The van der Waals surface area contributed by atoms with Gasteiger partial charge in [0.2, 0.25) is 0 Å². The van der Waals surface area contributed by atoms with Crippen LogP contribution < -0.4 is 14.8 Å². The minimum atomic E-state index is -0.507. The molecule has 1 aliphatic rings. The molecule has 0 saturated heterocycles. The Morgan fingerprint density at radius 3 is 2.69 bits per heavy atom. The van der Waals surface area contributed by atoms with Crippen molar-refractivity contribution in [1.29, 1.82) is 0 Å². The zero-order valence-corrected chi connectivity index (χ0v) is 14.8. The van der Waals surface area contributed by atoms with E-state index in [0.29, 0.717) is 23.7 Å². The molecule has 1 amide bonds. The van der Waals surface area contributed by atoms with Crippen LogP contribution in [-0.2, 0) is 9.53 Å². The van der Waals surface area contributed by atoms with Gasteiger partial charge in [-0.15, -0.1) is 0 Å². The Labute approximate surface area is 152 Å². The highest BCUT2D eigenvalue weighted by Crippen LogP contribution is 2.30. The van der Waals surface area contributed by atoms with Crippen molar-refractivity contribution in [2.45, 2.75) is 20.0 Å². The maximum absolute atomic E-state index is 12.1. The van der Waals surface area contributed by atoms with Gasteiger partial charge in [-0.3, -0.25) is 4.79 Å². The molecule has 0 aromatic heterocycles. The van der Waals surface area contributed by atoms with Crippen LogP contribution in [0.5, 0.6) is 11.5 Å². The second-order valence-corrected chi connectivity index (χ2v) is 6.13. The van der Waals surface area contributed by atoms with E-state index >= 15 is 0 Å². The molecule has 136 valence electrons. The van der Waals surface area contributed by atoms with Gasteiger partial charge in [0.15, 0.2) is 18.1 Å². The van der Waals surface area contributed by atoms with Gasteiger partial charge in [-0.25, -0.2) is 4.79 Å². The number of nitrogens with one attached hydrogen (secondary N) is 1. The second-order valence-electron chi connectivity index (χ2n) is 6.13. The lowest BCUT2D eigenvalue weighted by atomic mass is 10.0. The SMILES string of the molecule is Cc1cccc(C(=O)OCC(=O)NC[C@H]2COc3ccccc3O2)c1C. The Morgan fingerprint density at radius 2 is 1.88 bits per heavy atom. The van der Waals surface area contributed by atoms with E-state index in [9.17, 15) is 9.59 Å². The maximum atomic E-state index is 12.1. The molecule has 6 heteroatoms. The summed E-state index contributed by atoms with van der Waals surface area (Å²) in [4.78, 5) is 24.1. The zero-order valence-electron chi connectivity index (χ0n) is 14.8.